The van der Waals surface area contributed by atoms with Gasteiger partial charge in [0.2, 0.25) is 0 Å². The topological polar surface area (TPSA) is 67.0 Å². The number of alkyl halides is 3. The van der Waals surface area contributed by atoms with E-state index in [-0.39, 0.29) is 11.7 Å². The number of benzene rings is 2. The highest BCUT2D eigenvalue weighted by molar-refractivity contribution is 6.05. The number of hydrogen-bond acceptors (Lipinski definition) is 3. The van der Waals surface area contributed by atoms with Crippen molar-refractivity contribution in [1.82, 2.24) is 9.97 Å². The molecule has 0 bridgehead atoms. The van der Waals surface area contributed by atoms with Crippen LogP contribution in [-0.4, -0.2) is 22.5 Å². The molecule has 5 nitrogen and oxygen atoms in total. The molecule has 140 valence electrons. The maximum absolute atomic E-state index is 12.8. The standard InChI is InChI=1S/C19H16F3N3O2/c20-19(21,22)12-4-1-3-11(9-12)18(26)23-13-6-7-14-15(10-13)25-17(24-14)16-5-2-8-27-16/h1,3-4,6-7,9-10,16H,2,5,8H2,(H,23,26)(H,24,25)/t16-/m0/s1. The van der Waals surface area contributed by atoms with Crippen LogP contribution in [0.5, 0.6) is 0 Å². The molecule has 1 aromatic heterocycles. The predicted octanol–water partition coefficient (Wildman–Crippen LogP) is 4.69. The molecule has 1 amide bonds. The Morgan fingerprint density at radius 2 is 2.07 bits per heavy atom. The second-order valence-corrected chi connectivity index (χ2v) is 6.39. The van der Waals surface area contributed by atoms with E-state index in [1.54, 1.807) is 18.2 Å². The van der Waals surface area contributed by atoms with Crippen LogP contribution in [0.25, 0.3) is 11.0 Å². The Kier molecular flexibility index (Phi) is 4.35. The van der Waals surface area contributed by atoms with Crippen LogP contribution in [0.1, 0.15) is 40.7 Å². The molecule has 4 rings (SSSR count). The van der Waals surface area contributed by atoms with Crippen LogP contribution in [0.3, 0.4) is 0 Å². The Labute approximate surface area is 152 Å². The minimum absolute atomic E-state index is 0.0550. The number of aromatic amines is 1. The Morgan fingerprint density at radius 1 is 1.22 bits per heavy atom. The van der Waals surface area contributed by atoms with Crippen molar-refractivity contribution >= 4 is 22.6 Å². The first-order valence-electron chi connectivity index (χ1n) is 8.50. The number of H-pyrrole nitrogens is 1. The Bertz CT molecular complexity index is 991. The summed E-state index contributed by atoms with van der Waals surface area (Å²) >= 11 is 0. The lowest BCUT2D eigenvalue weighted by Gasteiger charge is -2.09. The predicted molar refractivity (Wildman–Crippen MR) is 93.4 cm³/mol. The van der Waals surface area contributed by atoms with Crippen molar-refractivity contribution in [3.05, 3.63) is 59.4 Å². The van der Waals surface area contributed by atoms with Crippen molar-refractivity contribution in [2.45, 2.75) is 25.1 Å². The van der Waals surface area contributed by atoms with Gasteiger partial charge in [-0.15, -0.1) is 0 Å². The average molecular weight is 375 g/mol. The fourth-order valence-electron chi connectivity index (χ4n) is 3.09. The summed E-state index contributed by atoms with van der Waals surface area (Å²) in [5.41, 5.74) is 1.00. The molecule has 1 saturated heterocycles. The highest BCUT2D eigenvalue weighted by Crippen LogP contribution is 2.30. The van der Waals surface area contributed by atoms with Crippen LogP contribution < -0.4 is 5.32 Å². The molecule has 2 N–H and O–H groups in total. The molecule has 1 atom stereocenters. The first-order valence-corrected chi connectivity index (χ1v) is 8.50. The number of halogens is 3. The zero-order valence-corrected chi connectivity index (χ0v) is 14.1. The van der Waals surface area contributed by atoms with Crippen LogP contribution in [0.2, 0.25) is 0 Å². The lowest BCUT2D eigenvalue weighted by molar-refractivity contribution is -0.137. The number of carbonyl (C=O) groups excluding carboxylic acids is 1. The number of amides is 1. The van der Waals surface area contributed by atoms with Crippen LogP contribution in [-0.2, 0) is 10.9 Å². The van der Waals surface area contributed by atoms with Crippen molar-refractivity contribution in [2.75, 3.05) is 11.9 Å². The number of ether oxygens (including phenoxy) is 1. The van der Waals surface area contributed by atoms with Crippen LogP contribution in [0, 0.1) is 0 Å². The largest absolute Gasteiger partial charge is 0.416 e. The molecule has 2 aromatic carbocycles. The summed E-state index contributed by atoms with van der Waals surface area (Å²) in [5.74, 6) is 0.128. The van der Waals surface area contributed by atoms with E-state index in [1.165, 1.54) is 12.1 Å². The van der Waals surface area contributed by atoms with E-state index in [9.17, 15) is 18.0 Å². The Morgan fingerprint density at radius 3 is 2.81 bits per heavy atom. The van der Waals surface area contributed by atoms with Crippen LogP contribution in [0.15, 0.2) is 42.5 Å². The van der Waals surface area contributed by atoms with Gasteiger partial charge in [0.1, 0.15) is 11.9 Å². The molecule has 2 heterocycles. The molecule has 27 heavy (non-hydrogen) atoms. The maximum Gasteiger partial charge on any atom is 0.416 e. The zero-order chi connectivity index (χ0) is 19.0. The van der Waals surface area contributed by atoms with E-state index >= 15 is 0 Å². The van der Waals surface area contributed by atoms with Crippen LogP contribution >= 0.6 is 0 Å². The lowest BCUT2D eigenvalue weighted by Crippen LogP contribution is -2.13. The summed E-state index contributed by atoms with van der Waals surface area (Å²) in [6.07, 6.45) is -2.66. The molecule has 1 aliphatic rings. The molecule has 8 heteroatoms. The monoisotopic (exact) mass is 375 g/mol. The minimum atomic E-state index is -4.50. The molecule has 1 fully saturated rings. The summed E-state index contributed by atoms with van der Waals surface area (Å²) in [5, 5.41) is 2.62. The molecular weight excluding hydrogens is 359 g/mol. The molecule has 1 aliphatic heterocycles. The number of aromatic nitrogens is 2. The third kappa shape index (κ3) is 3.66. The van der Waals surface area contributed by atoms with E-state index in [2.05, 4.69) is 15.3 Å². The normalized spacial score (nSPS) is 17.4. The Hall–Kier alpha value is -2.87. The summed E-state index contributed by atoms with van der Waals surface area (Å²) < 4.78 is 44.0. The van der Waals surface area contributed by atoms with Gasteiger partial charge < -0.3 is 15.0 Å². The highest BCUT2D eigenvalue weighted by Gasteiger charge is 2.31. The van der Waals surface area contributed by atoms with Gasteiger partial charge in [-0.2, -0.15) is 13.2 Å². The van der Waals surface area contributed by atoms with E-state index in [1.807, 2.05) is 0 Å². The second-order valence-electron chi connectivity index (χ2n) is 6.39. The smallest absolute Gasteiger partial charge is 0.370 e. The third-order valence-electron chi connectivity index (χ3n) is 4.44. The molecule has 0 aliphatic carbocycles. The van der Waals surface area contributed by atoms with Gasteiger partial charge in [-0.05, 0) is 49.2 Å². The van der Waals surface area contributed by atoms with Gasteiger partial charge in [0, 0.05) is 17.9 Å². The zero-order valence-electron chi connectivity index (χ0n) is 14.1. The fourth-order valence-corrected chi connectivity index (χ4v) is 3.09. The van der Waals surface area contributed by atoms with Crippen molar-refractivity contribution in [1.29, 1.82) is 0 Å². The number of anilines is 1. The second kappa shape index (κ2) is 6.70. The van der Waals surface area contributed by atoms with E-state index in [0.717, 1.165) is 41.8 Å². The van der Waals surface area contributed by atoms with Crippen molar-refractivity contribution in [2.24, 2.45) is 0 Å². The van der Waals surface area contributed by atoms with Gasteiger partial charge >= 0.3 is 6.18 Å². The average Bonchev–Trinajstić information content (AvgIpc) is 3.30. The number of imidazole rings is 1. The number of fused-ring (bicyclic) bond motifs is 1. The number of carbonyl (C=O) groups is 1. The summed E-state index contributed by atoms with van der Waals surface area (Å²) in [6.45, 7) is 0.708. The molecule has 0 saturated carbocycles. The summed E-state index contributed by atoms with van der Waals surface area (Å²) in [6, 6.07) is 9.42. The van der Waals surface area contributed by atoms with Gasteiger partial charge in [-0.1, -0.05) is 6.07 Å². The van der Waals surface area contributed by atoms with Crippen LogP contribution in [0.4, 0.5) is 18.9 Å². The molecule has 0 spiro atoms. The first-order chi connectivity index (χ1) is 12.9. The van der Waals surface area contributed by atoms with Crippen molar-refractivity contribution in [3.63, 3.8) is 0 Å². The van der Waals surface area contributed by atoms with Gasteiger partial charge in [0.15, 0.2) is 0 Å². The fraction of sp³-hybridized carbons (Fsp3) is 0.263. The van der Waals surface area contributed by atoms with Gasteiger partial charge in [-0.25, -0.2) is 4.98 Å². The van der Waals surface area contributed by atoms with Crippen molar-refractivity contribution < 1.29 is 22.7 Å². The quantitative estimate of drug-likeness (QED) is 0.698. The maximum atomic E-state index is 12.8. The first kappa shape index (κ1) is 17.5. The highest BCUT2D eigenvalue weighted by atomic mass is 19.4. The lowest BCUT2D eigenvalue weighted by atomic mass is 10.1. The van der Waals surface area contributed by atoms with Gasteiger partial charge in [0.25, 0.3) is 5.91 Å². The summed E-state index contributed by atoms with van der Waals surface area (Å²) in [4.78, 5) is 20.0. The number of hydrogen-bond donors (Lipinski definition) is 2. The molecule has 3 aromatic rings. The van der Waals surface area contributed by atoms with Gasteiger partial charge in [0.05, 0.1) is 16.6 Å². The van der Waals surface area contributed by atoms with E-state index in [4.69, 9.17) is 4.74 Å². The minimum Gasteiger partial charge on any atom is -0.370 e. The molecule has 0 unspecified atom stereocenters. The Balaban J connectivity index is 1.55. The SMILES string of the molecule is O=C(Nc1ccc2nc([C@@H]3CCCO3)[nH]c2c1)c1cccc(C(F)(F)F)c1. The van der Waals surface area contributed by atoms with E-state index < -0.39 is 17.6 Å². The number of rotatable bonds is 3. The summed E-state index contributed by atoms with van der Waals surface area (Å²) in [7, 11) is 0. The number of nitrogens with one attached hydrogen (secondary N) is 2. The molecular formula is C19H16F3N3O2. The third-order valence-corrected chi connectivity index (χ3v) is 4.44. The van der Waals surface area contributed by atoms with Crippen molar-refractivity contribution in [3.8, 4) is 0 Å². The van der Waals surface area contributed by atoms with Gasteiger partial charge in [-0.3, -0.25) is 4.79 Å². The number of nitrogens with zero attached hydrogens (tertiary/aromatic N) is 1. The molecule has 0 radical (unpaired) electrons. The van der Waals surface area contributed by atoms with E-state index in [0.29, 0.717) is 12.3 Å².